The summed E-state index contributed by atoms with van der Waals surface area (Å²) in [6, 6.07) is 9.69. The fourth-order valence-corrected chi connectivity index (χ4v) is 4.90. The molecule has 1 saturated heterocycles. The van der Waals surface area contributed by atoms with Gasteiger partial charge in [0.2, 0.25) is 0 Å². The van der Waals surface area contributed by atoms with Gasteiger partial charge in [-0.15, -0.1) is 0 Å². The Bertz CT molecular complexity index is 1380. The lowest BCUT2D eigenvalue weighted by Crippen LogP contribution is -2.34. The van der Waals surface area contributed by atoms with Crippen LogP contribution in [-0.2, 0) is 24.8 Å². The number of nitrogen functional groups attached to an aromatic ring is 1. The summed E-state index contributed by atoms with van der Waals surface area (Å²) in [5, 5.41) is 33.8. The molecule has 35 heavy (non-hydrogen) atoms. The van der Waals surface area contributed by atoms with Gasteiger partial charge < -0.3 is 30.7 Å². The molecule has 0 radical (unpaired) electrons. The number of aromatic nitrogens is 5. The van der Waals surface area contributed by atoms with E-state index in [1.807, 2.05) is 37.5 Å². The van der Waals surface area contributed by atoms with Crippen molar-refractivity contribution in [3.05, 3.63) is 59.7 Å². The van der Waals surface area contributed by atoms with E-state index in [0.717, 1.165) is 19.5 Å². The van der Waals surface area contributed by atoms with Gasteiger partial charge in [0.05, 0.1) is 11.4 Å². The number of aliphatic hydroxyl groups is 2. The maximum absolute atomic E-state index is 10.9. The van der Waals surface area contributed by atoms with Gasteiger partial charge in [-0.2, -0.15) is 10.2 Å². The van der Waals surface area contributed by atoms with E-state index in [4.69, 9.17) is 15.2 Å². The number of hydrogen-bond acceptors (Lipinski definition) is 9. The number of anilines is 1. The van der Waals surface area contributed by atoms with Crippen molar-refractivity contribution in [3.8, 4) is 17.0 Å². The third-order valence-electron chi connectivity index (χ3n) is 6.73. The summed E-state index contributed by atoms with van der Waals surface area (Å²) in [5.74, 6) is 0.981. The Balaban J connectivity index is 1.27. The van der Waals surface area contributed by atoms with Crippen LogP contribution in [0, 0.1) is 0 Å². The first-order valence-corrected chi connectivity index (χ1v) is 11.6. The van der Waals surface area contributed by atoms with E-state index in [2.05, 4.69) is 26.6 Å². The van der Waals surface area contributed by atoms with Crippen LogP contribution in [0.15, 0.2) is 42.9 Å². The summed E-state index contributed by atoms with van der Waals surface area (Å²) in [6.45, 7) is 1.87. The molecule has 0 amide bonds. The zero-order chi connectivity index (χ0) is 24.1. The van der Waals surface area contributed by atoms with Crippen molar-refractivity contribution in [1.29, 1.82) is 0 Å². The van der Waals surface area contributed by atoms with Crippen LogP contribution in [0.25, 0.3) is 16.8 Å². The number of aliphatic hydroxyl groups excluding tert-OH is 2. The van der Waals surface area contributed by atoms with Crippen LogP contribution in [0.1, 0.15) is 22.9 Å². The molecule has 4 atom stereocenters. The van der Waals surface area contributed by atoms with Gasteiger partial charge in [-0.25, -0.2) is 9.50 Å². The molecule has 0 bridgehead atoms. The smallest absolute Gasteiger partial charge is 0.152 e. The summed E-state index contributed by atoms with van der Waals surface area (Å²) >= 11 is 0. The lowest BCUT2D eigenvalue weighted by molar-refractivity contribution is -0.0187. The van der Waals surface area contributed by atoms with E-state index in [1.54, 1.807) is 9.20 Å². The number of aryl methyl sites for hydroxylation is 1. The first-order chi connectivity index (χ1) is 17.0. The van der Waals surface area contributed by atoms with Crippen molar-refractivity contribution < 1.29 is 19.7 Å². The van der Waals surface area contributed by atoms with Crippen LogP contribution in [0.4, 0.5) is 5.82 Å². The summed E-state index contributed by atoms with van der Waals surface area (Å²) in [5.41, 5.74) is 11.2. The molecule has 4 aromatic rings. The number of hydrogen-bond donors (Lipinski definition) is 4. The molecule has 2 aliphatic heterocycles. The van der Waals surface area contributed by atoms with Crippen molar-refractivity contribution in [2.24, 2.45) is 7.05 Å². The van der Waals surface area contributed by atoms with Crippen LogP contribution < -0.4 is 15.8 Å². The molecule has 5 N–H and O–H groups in total. The van der Waals surface area contributed by atoms with Crippen molar-refractivity contribution in [2.45, 2.75) is 37.4 Å². The van der Waals surface area contributed by atoms with E-state index in [1.165, 1.54) is 17.5 Å². The number of ether oxygens (including phenoxy) is 2. The average Bonchev–Trinajstić information content (AvgIpc) is 3.54. The third-order valence-corrected chi connectivity index (χ3v) is 6.73. The normalized spacial score (nSPS) is 24.1. The number of nitrogens with two attached hydrogens (primary N) is 1. The SMILES string of the molecule is Cn1ccc(-c2cc([C@@H]3O[C@H](COc4ccc5c(c4)CNCC5)[C@@H](O)[C@H]3O)n3ncnc(N)c23)n1. The van der Waals surface area contributed by atoms with Gasteiger partial charge in [0.15, 0.2) is 5.82 Å². The Morgan fingerprint density at radius 2 is 2.09 bits per heavy atom. The van der Waals surface area contributed by atoms with E-state index < -0.39 is 24.4 Å². The largest absolute Gasteiger partial charge is 0.491 e. The van der Waals surface area contributed by atoms with Gasteiger partial charge >= 0.3 is 0 Å². The standard InChI is InChI=1S/C24H27N7O4/c1-30-7-5-17(29-30)16-9-18(31-20(16)24(25)27-12-28-31)23-22(33)21(32)19(35-23)11-34-15-3-2-13-4-6-26-10-14(13)8-15/h2-3,5,7-9,12,19,21-23,26,32-33H,4,6,10-11H2,1H3,(H2,25,27,28)/t19-,21-,22-,23+/m1/s1. The Kier molecular flexibility index (Phi) is 5.41. The molecule has 182 valence electrons. The summed E-state index contributed by atoms with van der Waals surface area (Å²) in [4.78, 5) is 4.12. The van der Waals surface area contributed by atoms with Gasteiger partial charge in [-0.1, -0.05) is 6.07 Å². The molecular formula is C24H27N7O4. The molecule has 5 heterocycles. The maximum Gasteiger partial charge on any atom is 0.152 e. The van der Waals surface area contributed by atoms with Crippen molar-refractivity contribution >= 4 is 11.3 Å². The van der Waals surface area contributed by atoms with Gasteiger partial charge in [0.25, 0.3) is 0 Å². The van der Waals surface area contributed by atoms with Crippen LogP contribution in [0.5, 0.6) is 5.75 Å². The topological polar surface area (TPSA) is 145 Å². The van der Waals surface area contributed by atoms with E-state index in [-0.39, 0.29) is 12.4 Å². The van der Waals surface area contributed by atoms with E-state index in [9.17, 15) is 10.2 Å². The minimum absolute atomic E-state index is 0.0917. The zero-order valence-corrected chi connectivity index (χ0v) is 19.2. The first-order valence-electron chi connectivity index (χ1n) is 11.6. The Labute approximate surface area is 201 Å². The molecule has 0 saturated carbocycles. The summed E-state index contributed by atoms with van der Waals surface area (Å²) < 4.78 is 15.4. The van der Waals surface area contributed by atoms with Gasteiger partial charge in [0, 0.05) is 25.4 Å². The maximum atomic E-state index is 10.9. The van der Waals surface area contributed by atoms with Crippen LogP contribution in [0.2, 0.25) is 0 Å². The molecule has 1 fully saturated rings. The predicted molar refractivity (Wildman–Crippen MR) is 127 cm³/mol. The second-order valence-electron chi connectivity index (χ2n) is 9.01. The predicted octanol–water partition coefficient (Wildman–Crippen LogP) is 0.598. The minimum atomic E-state index is -1.18. The number of nitrogens with one attached hydrogen (secondary N) is 1. The molecule has 3 aromatic heterocycles. The monoisotopic (exact) mass is 477 g/mol. The van der Waals surface area contributed by atoms with Crippen molar-refractivity contribution in [3.63, 3.8) is 0 Å². The number of fused-ring (bicyclic) bond motifs is 2. The number of benzene rings is 1. The first kappa shape index (κ1) is 22.0. The molecule has 0 aliphatic carbocycles. The van der Waals surface area contributed by atoms with Crippen LogP contribution in [0.3, 0.4) is 0 Å². The Morgan fingerprint density at radius 3 is 2.91 bits per heavy atom. The highest BCUT2D eigenvalue weighted by Crippen LogP contribution is 2.38. The highest BCUT2D eigenvalue weighted by Gasteiger charge is 2.45. The molecule has 0 unspecified atom stereocenters. The molecule has 0 spiro atoms. The van der Waals surface area contributed by atoms with E-state index in [0.29, 0.717) is 28.2 Å². The third kappa shape index (κ3) is 3.82. The molecule has 11 heteroatoms. The minimum Gasteiger partial charge on any atom is -0.491 e. The Morgan fingerprint density at radius 1 is 1.20 bits per heavy atom. The zero-order valence-electron chi connectivity index (χ0n) is 19.2. The second kappa shape index (κ2) is 8.61. The average molecular weight is 478 g/mol. The fourth-order valence-electron chi connectivity index (χ4n) is 4.90. The molecule has 6 rings (SSSR count). The molecule has 1 aromatic carbocycles. The summed E-state index contributed by atoms with van der Waals surface area (Å²) in [6.07, 6.45) is 0.278. The highest BCUT2D eigenvalue weighted by atomic mass is 16.6. The van der Waals surface area contributed by atoms with Crippen molar-refractivity contribution in [1.82, 2.24) is 29.7 Å². The lowest BCUT2D eigenvalue weighted by Gasteiger charge is -2.19. The number of nitrogens with zero attached hydrogens (tertiary/aromatic N) is 5. The quantitative estimate of drug-likeness (QED) is 0.325. The molecule has 11 nitrogen and oxygen atoms in total. The number of rotatable bonds is 5. The fraction of sp³-hybridized carbons (Fsp3) is 0.375. The Hall–Kier alpha value is -3.51. The van der Waals surface area contributed by atoms with Gasteiger partial charge in [-0.05, 0) is 48.4 Å². The van der Waals surface area contributed by atoms with Crippen LogP contribution >= 0.6 is 0 Å². The lowest BCUT2D eigenvalue weighted by atomic mass is 10.0. The molecular weight excluding hydrogens is 450 g/mol. The van der Waals surface area contributed by atoms with Gasteiger partial charge in [0.1, 0.15) is 48.6 Å². The summed E-state index contributed by atoms with van der Waals surface area (Å²) in [7, 11) is 1.83. The van der Waals surface area contributed by atoms with Crippen molar-refractivity contribution in [2.75, 3.05) is 18.9 Å². The second-order valence-corrected chi connectivity index (χ2v) is 9.01. The van der Waals surface area contributed by atoms with E-state index >= 15 is 0 Å². The van der Waals surface area contributed by atoms with Gasteiger partial charge in [-0.3, -0.25) is 4.68 Å². The molecule has 2 aliphatic rings. The van der Waals surface area contributed by atoms with Crippen LogP contribution in [-0.4, -0.2) is 66.1 Å². The highest BCUT2D eigenvalue weighted by molar-refractivity contribution is 5.86.